The topological polar surface area (TPSA) is 86.9 Å². The Labute approximate surface area is 203 Å². The minimum absolute atomic E-state index is 0.0564. The third-order valence-corrected chi connectivity index (χ3v) is 6.62. The minimum Gasteiger partial charge on any atom is -0.349 e. The van der Waals surface area contributed by atoms with E-state index in [2.05, 4.69) is 27.5 Å². The van der Waals surface area contributed by atoms with Gasteiger partial charge in [-0.25, -0.2) is 9.37 Å². The number of aromatic amines is 1. The number of halogens is 1. The van der Waals surface area contributed by atoms with Gasteiger partial charge < -0.3 is 15.6 Å². The van der Waals surface area contributed by atoms with Crippen LogP contribution in [0.2, 0.25) is 0 Å². The van der Waals surface area contributed by atoms with Crippen LogP contribution in [-0.2, 0) is 0 Å². The van der Waals surface area contributed by atoms with E-state index < -0.39 is 0 Å². The van der Waals surface area contributed by atoms with Gasteiger partial charge in [0.1, 0.15) is 11.6 Å². The molecule has 0 bridgehead atoms. The van der Waals surface area contributed by atoms with Crippen LogP contribution in [0.15, 0.2) is 66.7 Å². The summed E-state index contributed by atoms with van der Waals surface area (Å²) in [5.41, 5.74) is 3.98. The molecule has 35 heavy (non-hydrogen) atoms. The van der Waals surface area contributed by atoms with Crippen LogP contribution >= 0.6 is 0 Å². The number of nitrogens with zero attached hydrogens (tertiary/aromatic N) is 1. The third-order valence-electron chi connectivity index (χ3n) is 6.62. The molecule has 1 aliphatic rings. The molecule has 3 N–H and O–H groups in total. The first-order valence-electron chi connectivity index (χ1n) is 11.9. The number of rotatable bonds is 5. The molecule has 0 spiro atoms. The second-order valence-corrected chi connectivity index (χ2v) is 9.29. The fraction of sp³-hybridized carbons (Fsp3) is 0.250. The van der Waals surface area contributed by atoms with Crippen LogP contribution in [0.5, 0.6) is 0 Å². The second kappa shape index (κ2) is 9.70. The van der Waals surface area contributed by atoms with Gasteiger partial charge in [-0.15, -0.1) is 0 Å². The molecule has 0 saturated heterocycles. The van der Waals surface area contributed by atoms with Crippen molar-refractivity contribution < 1.29 is 14.0 Å². The highest BCUT2D eigenvalue weighted by molar-refractivity contribution is 6.04. The second-order valence-electron chi connectivity index (χ2n) is 9.29. The number of H-pyrrole nitrogens is 1. The number of imidazole rings is 1. The maximum absolute atomic E-state index is 13.1. The summed E-state index contributed by atoms with van der Waals surface area (Å²) >= 11 is 0. The quantitative estimate of drug-likeness (QED) is 0.338. The average Bonchev–Trinajstić information content (AvgIpc) is 3.30. The molecule has 5 rings (SSSR count). The van der Waals surface area contributed by atoms with Crippen molar-refractivity contribution >= 4 is 28.5 Å². The van der Waals surface area contributed by atoms with E-state index >= 15 is 0 Å². The molecule has 1 heterocycles. The van der Waals surface area contributed by atoms with Gasteiger partial charge in [0.2, 0.25) is 0 Å². The van der Waals surface area contributed by atoms with Crippen LogP contribution in [0.1, 0.15) is 53.3 Å². The molecule has 6 nitrogen and oxygen atoms in total. The summed E-state index contributed by atoms with van der Waals surface area (Å²) in [5.74, 6) is 0.699. The van der Waals surface area contributed by atoms with Gasteiger partial charge in [-0.3, -0.25) is 9.59 Å². The average molecular weight is 471 g/mol. The van der Waals surface area contributed by atoms with Gasteiger partial charge in [0.25, 0.3) is 11.8 Å². The molecule has 2 amide bonds. The Bertz CT molecular complexity index is 1350. The van der Waals surface area contributed by atoms with Crippen LogP contribution in [0.4, 0.5) is 10.1 Å². The number of nitrogens with one attached hydrogen (secondary N) is 3. The van der Waals surface area contributed by atoms with E-state index in [-0.39, 0.29) is 23.7 Å². The van der Waals surface area contributed by atoms with Crippen molar-refractivity contribution in [3.63, 3.8) is 0 Å². The molecule has 1 fully saturated rings. The van der Waals surface area contributed by atoms with Crippen molar-refractivity contribution in [2.75, 3.05) is 5.32 Å². The molecular weight excluding hydrogens is 443 g/mol. The number of benzene rings is 3. The lowest BCUT2D eigenvalue weighted by Crippen LogP contribution is -2.37. The van der Waals surface area contributed by atoms with E-state index in [1.54, 1.807) is 18.2 Å². The Morgan fingerprint density at radius 1 is 0.886 bits per heavy atom. The molecule has 0 aliphatic heterocycles. The zero-order chi connectivity index (χ0) is 24.4. The lowest BCUT2D eigenvalue weighted by atomic mass is 9.87. The minimum atomic E-state index is -0.357. The number of hydrogen-bond donors (Lipinski definition) is 3. The molecule has 178 valence electrons. The Hall–Kier alpha value is -4.00. The van der Waals surface area contributed by atoms with Gasteiger partial charge in [0.15, 0.2) is 0 Å². The summed E-state index contributed by atoms with van der Waals surface area (Å²) in [4.78, 5) is 33.2. The smallest absolute Gasteiger partial charge is 0.255 e. The van der Waals surface area contributed by atoms with Crippen LogP contribution in [-0.4, -0.2) is 27.8 Å². The molecule has 1 saturated carbocycles. The van der Waals surface area contributed by atoms with Crippen LogP contribution in [0.25, 0.3) is 22.4 Å². The normalized spacial score (nSPS) is 17.8. The lowest BCUT2D eigenvalue weighted by molar-refractivity contribution is 0.0922. The van der Waals surface area contributed by atoms with Gasteiger partial charge in [-0.05, 0) is 86.2 Å². The maximum Gasteiger partial charge on any atom is 0.255 e. The van der Waals surface area contributed by atoms with Crippen molar-refractivity contribution in [3.8, 4) is 11.4 Å². The van der Waals surface area contributed by atoms with Crippen LogP contribution in [0.3, 0.4) is 0 Å². The number of aromatic nitrogens is 2. The van der Waals surface area contributed by atoms with Gasteiger partial charge in [0.05, 0.1) is 11.0 Å². The van der Waals surface area contributed by atoms with Gasteiger partial charge >= 0.3 is 0 Å². The van der Waals surface area contributed by atoms with Crippen molar-refractivity contribution in [1.29, 1.82) is 0 Å². The Morgan fingerprint density at radius 3 is 2.29 bits per heavy atom. The predicted molar refractivity (Wildman–Crippen MR) is 135 cm³/mol. The highest BCUT2D eigenvalue weighted by Gasteiger charge is 2.20. The lowest BCUT2D eigenvalue weighted by Gasteiger charge is -2.26. The highest BCUT2D eigenvalue weighted by atomic mass is 19.1. The fourth-order valence-corrected chi connectivity index (χ4v) is 4.48. The molecule has 7 heteroatoms. The van der Waals surface area contributed by atoms with Crippen molar-refractivity contribution in [2.45, 2.75) is 38.6 Å². The van der Waals surface area contributed by atoms with E-state index in [4.69, 9.17) is 0 Å². The Kier molecular flexibility index (Phi) is 6.31. The van der Waals surface area contributed by atoms with E-state index in [0.717, 1.165) is 48.2 Å². The summed E-state index contributed by atoms with van der Waals surface area (Å²) in [6.45, 7) is 2.26. The molecule has 4 aromatic rings. The van der Waals surface area contributed by atoms with Gasteiger partial charge in [0, 0.05) is 28.4 Å². The van der Waals surface area contributed by atoms with Gasteiger partial charge in [-0.2, -0.15) is 0 Å². The molecule has 1 aliphatic carbocycles. The third kappa shape index (κ3) is 5.24. The first kappa shape index (κ1) is 22.8. The summed E-state index contributed by atoms with van der Waals surface area (Å²) in [6, 6.07) is 18.4. The number of fused-ring (bicyclic) bond motifs is 1. The largest absolute Gasteiger partial charge is 0.349 e. The molecule has 0 radical (unpaired) electrons. The highest BCUT2D eigenvalue weighted by Crippen LogP contribution is 2.25. The van der Waals surface area contributed by atoms with Gasteiger partial charge in [-0.1, -0.05) is 19.1 Å². The molecule has 1 aromatic heterocycles. The number of carbonyl (C=O) groups is 2. The number of hydrogen-bond acceptors (Lipinski definition) is 3. The molecule has 3 aromatic carbocycles. The van der Waals surface area contributed by atoms with E-state index in [0.29, 0.717) is 22.6 Å². The summed E-state index contributed by atoms with van der Waals surface area (Å²) in [7, 11) is 0. The summed E-state index contributed by atoms with van der Waals surface area (Å²) in [5, 5.41) is 5.91. The zero-order valence-electron chi connectivity index (χ0n) is 19.5. The van der Waals surface area contributed by atoms with Crippen molar-refractivity contribution in [1.82, 2.24) is 15.3 Å². The molecule has 0 atom stereocenters. The van der Waals surface area contributed by atoms with E-state index in [9.17, 15) is 14.0 Å². The van der Waals surface area contributed by atoms with Crippen molar-refractivity contribution in [2.24, 2.45) is 5.92 Å². The standard InChI is InChI=1S/C28H27FN4O2/c1-17-2-11-22(12-3-17)31-28(35)20-8-15-24-25(16-20)33-26(32-24)18-4-6-19(7-5-18)27(34)30-23-13-9-21(29)10-14-23/h4-10,13-17,22H,2-3,11-12H2,1H3,(H,30,34)(H,31,35)(H,32,33). The number of carbonyl (C=O) groups excluding carboxylic acids is 2. The van der Waals surface area contributed by atoms with Crippen molar-refractivity contribution in [3.05, 3.63) is 83.7 Å². The van der Waals surface area contributed by atoms with E-state index in [1.165, 1.54) is 24.3 Å². The fourth-order valence-electron chi connectivity index (χ4n) is 4.48. The number of anilines is 1. The first-order valence-corrected chi connectivity index (χ1v) is 11.9. The molecular formula is C28H27FN4O2. The number of amides is 2. The Balaban J connectivity index is 1.27. The maximum atomic E-state index is 13.1. The van der Waals surface area contributed by atoms with E-state index in [1.807, 2.05) is 24.3 Å². The Morgan fingerprint density at radius 2 is 1.57 bits per heavy atom. The summed E-state index contributed by atoms with van der Waals surface area (Å²) < 4.78 is 13.1. The zero-order valence-corrected chi connectivity index (χ0v) is 19.5. The van der Waals surface area contributed by atoms with Crippen LogP contribution < -0.4 is 10.6 Å². The monoisotopic (exact) mass is 470 g/mol. The summed E-state index contributed by atoms with van der Waals surface area (Å²) in [6.07, 6.45) is 4.36. The molecule has 0 unspecified atom stereocenters. The predicted octanol–water partition coefficient (Wildman–Crippen LogP) is 5.93. The van der Waals surface area contributed by atoms with Crippen LogP contribution in [0, 0.1) is 11.7 Å². The first-order chi connectivity index (χ1) is 16.9. The SMILES string of the molecule is CC1CCC(NC(=O)c2ccc3nc(-c4ccc(C(=O)Nc5ccc(F)cc5)cc4)[nH]c3c2)CC1.